The van der Waals surface area contributed by atoms with Crippen molar-refractivity contribution in [3.05, 3.63) is 22.6 Å². The largest absolute Gasteiger partial charge is 0.396 e. The quantitative estimate of drug-likeness (QED) is 0.942. The van der Waals surface area contributed by atoms with E-state index in [-0.39, 0.29) is 0 Å². The number of aromatic nitrogens is 3. The van der Waals surface area contributed by atoms with Crippen molar-refractivity contribution in [3.8, 4) is 0 Å². The first-order chi connectivity index (χ1) is 7.67. The second-order valence-electron chi connectivity index (χ2n) is 3.88. The lowest BCUT2D eigenvalue weighted by molar-refractivity contribution is 0.595. The van der Waals surface area contributed by atoms with Crippen LogP contribution >= 0.6 is 15.9 Å². The predicted molar refractivity (Wildman–Crippen MR) is 68.4 cm³/mol. The van der Waals surface area contributed by atoms with Gasteiger partial charge in [0, 0.05) is 16.6 Å². The fraction of sp³-hybridized carbons (Fsp3) is 0.455. The Balaban J connectivity index is 2.63. The van der Waals surface area contributed by atoms with Crippen LogP contribution in [-0.4, -0.2) is 14.6 Å². The van der Waals surface area contributed by atoms with E-state index in [9.17, 15) is 0 Å². The zero-order valence-corrected chi connectivity index (χ0v) is 11.0. The molecule has 0 bridgehead atoms. The first kappa shape index (κ1) is 11.4. The smallest absolute Gasteiger partial charge is 0.184 e. The minimum absolute atomic E-state index is 0.434. The summed E-state index contributed by atoms with van der Waals surface area (Å²) >= 11 is 3.44. The lowest BCUT2D eigenvalue weighted by Gasteiger charge is -2.10. The van der Waals surface area contributed by atoms with Crippen molar-refractivity contribution in [2.75, 3.05) is 5.73 Å². The monoisotopic (exact) mass is 282 g/mol. The third kappa shape index (κ3) is 1.80. The summed E-state index contributed by atoms with van der Waals surface area (Å²) in [6.07, 6.45) is 4.09. The van der Waals surface area contributed by atoms with Crippen LogP contribution in [0.3, 0.4) is 0 Å². The van der Waals surface area contributed by atoms with E-state index < -0.39 is 0 Å². The van der Waals surface area contributed by atoms with Crippen LogP contribution in [0.2, 0.25) is 0 Å². The van der Waals surface area contributed by atoms with Gasteiger partial charge in [0.05, 0.1) is 5.69 Å². The van der Waals surface area contributed by atoms with Crippen molar-refractivity contribution in [1.82, 2.24) is 14.6 Å². The Morgan fingerprint density at radius 1 is 1.38 bits per heavy atom. The summed E-state index contributed by atoms with van der Waals surface area (Å²) in [6.45, 7) is 4.33. The molecule has 0 saturated carbocycles. The van der Waals surface area contributed by atoms with Gasteiger partial charge in [-0.25, -0.2) is 0 Å². The summed E-state index contributed by atoms with van der Waals surface area (Å²) in [5, 5.41) is 8.39. The third-order valence-electron chi connectivity index (χ3n) is 2.88. The van der Waals surface area contributed by atoms with Crippen LogP contribution in [0, 0.1) is 0 Å². The number of hydrogen-bond donors (Lipinski definition) is 1. The molecular weight excluding hydrogens is 268 g/mol. The van der Waals surface area contributed by atoms with E-state index in [1.54, 1.807) is 0 Å². The highest BCUT2D eigenvalue weighted by atomic mass is 79.9. The zero-order valence-electron chi connectivity index (χ0n) is 9.44. The van der Waals surface area contributed by atoms with Gasteiger partial charge in [-0.05, 0) is 34.8 Å². The molecule has 86 valence electrons. The summed E-state index contributed by atoms with van der Waals surface area (Å²) in [5.74, 6) is 1.43. The van der Waals surface area contributed by atoms with Gasteiger partial charge in [0.25, 0.3) is 0 Å². The topological polar surface area (TPSA) is 56.2 Å². The Hall–Kier alpha value is -1.10. The van der Waals surface area contributed by atoms with E-state index in [4.69, 9.17) is 5.73 Å². The average molecular weight is 283 g/mol. The van der Waals surface area contributed by atoms with E-state index in [0.717, 1.165) is 28.8 Å². The average Bonchev–Trinajstić information content (AvgIpc) is 2.64. The van der Waals surface area contributed by atoms with Gasteiger partial charge in [-0.3, -0.25) is 4.40 Å². The van der Waals surface area contributed by atoms with Gasteiger partial charge in [0.15, 0.2) is 5.65 Å². The maximum absolute atomic E-state index is 5.90. The fourth-order valence-corrected chi connectivity index (χ4v) is 2.38. The summed E-state index contributed by atoms with van der Waals surface area (Å²) in [5.41, 5.74) is 7.29. The molecule has 0 aromatic carbocycles. The van der Waals surface area contributed by atoms with Gasteiger partial charge in [-0.15, -0.1) is 10.2 Å². The summed E-state index contributed by atoms with van der Waals surface area (Å²) < 4.78 is 2.93. The zero-order chi connectivity index (χ0) is 11.7. The van der Waals surface area contributed by atoms with Crippen LogP contribution in [0.25, 0.3) is 5.65 Å². The van der Waals surface area contributed by atoms with Gasteiger partial charge in [0.2, 0.25) is 0 Å². The van der Waals surface area contributed by atoms with Crippen LogP contribution in [-0.2, 0) is 0 Å². The second kappa shape index (κ2) is 4.41. The Bertz CT molecular complexity index is 502. The van der Waals surface area contributed by atoms with Crippen molar-refractivity contribution in [2.24, 2.45) is 0 Å². The number of anilines is 1. The molecule has 4 nitrogen and oxygen atoms in total. The van der Waals surface area contributed by atoms with Gasteiger partial charge < -0.3 is 5.73 Å². The van der Waals surface area contributed by atoms with Gasteiger partial charge in [-0.2, -0.15) is 0 Å². The highest BCUT2D eigenvalue weighted by molar-refractivity contribution is 9.10. The van der Waals surface area contributed by atoms with Crippen LogP contribution < -0.4 is 5.73 Å². The van der Waals surface area contributed by atoms with Crippen LogP contribution in [0.15, 0.2) is 16.7 Å². The number of fused-ring (bicyclic) bond motifs is 1. The van der Waals surface area contributed by atoms with Crippen LogP contribution in [0.5, 0.6) is 0 Å². The second-order valence-corrected chi connectivity index (χ2v) is 4.79. The number of hydrogen-bond acceptors (Lipinski definition) is 3. The van der Waals surface area contributed by atoms with Crippen molar-refractivity contribution >= 4 is 27.3 Å². The van der Waals surface area contributed by atoms with E-state index in [1.165, 1.54) is 0 Å². The summed E-state index contributed by atoms with van der Waals surface area (Å²) in [6, 6.07) is 1.85. The molecule has 0 aliphatic rings. The Morgan fingerprint density at radius 2 is 2.06 bits per heavy atom. The molecule has 0 amide bonds. The molecule has 5 heteroatoms. The molecule has 2 N–H and O–H groups in total. The molecule has 0 aliphatic heterocycles. The highest BCUT2D eigenvalue weighted by Crippen LogP contribution is 2.25. The van der Waals surface area contributed by atoms with Crippen molar-refractivity contribution < 1.29 is 0 Å². The van der Waals surface area contributed by atoms with E-state index in [1.807, 2.05) is 16.7 Å². The van der Waals surface area contributed by atoms with Crippen molar-refractivity contribution in [3.63, 3.8) is 0 Å². The predicted octanol–water partition coefficient (Wildman–Crippen LogP) is 2.98. The van der Waals surface area contributed by atoms with Gasteiger partial charge in [-0.1, -0.05) is 13.8 Å². The number of rotatable bonds is 3. The molecule has 2 rings (SSSR count). The van der Waals surface area contributed by atoms with E-state index >= 15 is 0 Å². The fourth-order valence-electron chi connectivity index (χ4n) is 1.93. The molecule has 2 aromatic heterocycles. The molecule has 0 saturated heterocycles. The van der Waals surface area contributed by atoms with Crippen molar-refractivity contribution in [1.29, 1.82) is 0 Å². The molecule has 0 spiro atoms. The van der Waals surface area contributed by atoms with Crippen LogP contribution in [0.4, 0.5) is 5.69 Å². The summed E-state index contributed by atoms with van der Waals surface area (Å²) in [4.78, 5) is 0. The van der Waals surface area contributed by atoms with Gasteiger partial charge >= 0.3 is 0 Å². The maximum atomic E-state index is 5.90. The molecular formula is C11H15BrN4. The Morgan fingerprint density at radius 3 is 2.69 bits per heavy atom. The van der Waals surface area contributed by atoms with Crippen molar-refractivity contribution in [2.45, 2.75) is 32.6 Å². The lowest BCUT2D eigenvalue weighted by Crippen LogP contribution is -2.03. The van der Waals surface area contributed by atoms with Crippen LogP contribution in [0.1, 0.15) is 38.4 Å². The minimum atomic E-state index is 0.434. The normalized spacial score (nSPS) is 11.5. The molecule has 0 radical (unpaired) electrons. The molecule has 0 aliphatic carbocycles. The number of nitrogens with two attached hydrogens (primary N) is 1. The lowest BCUT2D eigenvalue weighted by atomic mass is 10.0. The first-order valence-electron chi connectivity index (χ1n) is 5.47. The SMILES string of the molecule is CCC(CC)c1nnc2c(N)cc(Br)cn12. The summed E-state index contributed by atoms with van der Waals surface area (Å²) in [7, 11) is 0. The first-order valence-corrected chi connectivity index (χ1v) is 6.26. The molecule has 16 heavy (non-hydrogen) atoms. The molecule has 0 unspecified atom stereocenters. The molecule has 2 aromatic rings. The Labute approximate surface area is 103 Å². The molecule has 2 heterocycles. The maximum Gasteiger partial charge on any atom is 0.184 e. The molecule has 0 atom stereocenters. The highest BCUT2D eigenvalue weighted by Gasteiger charge is 2.16. The van der Waals surface area contributed by atoms with E-state index in [2.05, 4.69) is 40.0 Å². The number of pyridine rings is 1. The standard InChI is InChI=1S/C11H15BrN4/c1-3-7(4-2)10-14-15-11-9(13)5-8(12)6-16(10)11/h5-7H,3-4,13H2,1-2H3. The third-order valence-corrected chi connectivity index (χ3v) is 3.31. The number of nitrogen functional groups attached to an aromatic ring is 1. The van der Waals surface area contributed by atoms with Gasteiger partial charge in [0.1, 0.15) is 5.82 Å². The molecule has 0 fully saturated rings. The van der Waals surface area contributed by atoms with E-state index in [0.29, 0.717) is 11.6 Å². The number of halogens is 1. The number of nitrogens with zero attached hydrogens (tertiary/aromatic N) is 3. The Kier molecular flexibility index (Phi) is 3.14. The minimum Gasteiger partial charge on any atom is -0.396 e.